The van der Waals surface area contributed by atoms with Crippen LogP contribution in [0, 0.1) is 6.92 Å². The van der Waals surface area contributed by atoms with Gasteiger partial charge in [-0.25, -0.2) is 4.79 Å². The second-order valence-corrected chi connectivity index (χ2v) is 4.62. The van der Waals surface area contributed by atoms with Crippen LogP contribution >= 0.6 is 11.6 Å². The molecule has 5 heteroatoms. The Kier molecular flexibility index (Phi) is 5.95. The molecule has 2 amide bonds. The van der Waals surface area contributed by atoms with E-state index in [0.717, 1.165) is 12.0 Å². The lowest BCUT2D eigenvalue weighted by Crippen LogP contribution is -2.35. The number of halogens is 1. The van der Waals surface area contributed by atoms with E-state index in [1.165, 1.54) is 0 Å². The lowest BCUT2D eigenvalue weighted by molar-refractivity contribution is 0.162. The number of benzene rings is 1. The molecule has 0 bridgehead atoms. The highest BCUT2D eigenvalue weighted by atomic mass is 35.5. The normalized spacial score (nSPS) is 12.0. The average molecular weight is 271 g/mol. The Balaban J connectivity index is 2.50. The third-order valence-electron chi connectivity index (χ3n) is 2.58. The summed E-state index contributed by atoms with van der Waals surface area (Å²) < 4.78 is 0. The molecule has 1 aromatic carbocycles. The van der Waals surface area contributed by atoms with Crippen LogP contribution in [0.25, 0.3) is 0 Å². The van der Waals surface area contributed by atoms with Crippen molar-refractivity contribution in [1.29, 1.82) is 0 Å². The Morgan fingerprint density at radius 3 is 2.83 bits per heavy atom. The number of hydrogen-bond acceptors (Lipinski definition) is 2. The molecule has 0 spiro atoms. The summed E-state index contributed by atoms with van der Waals surface area (Å²) in [6, 6.07) is 5.05. The summed E-state index contributed by atoms with van der Waals surface area (Å²) in [6.45, 7) is 4.09. The number of aliphatic hydroxyl groups is 1. The zero-order valence-electron chi connectivity index (χ0n) is 10.7. The van der Waals surface area contributed by atoms with E-state index >= 15 is 0 Å². The number of rotatable bonds is 5. The molecule has 3 N–H and O–H groups in total. The van der Waals surface area contributed by atoms with Crippen molar-refractivity contribution in [3.63, 3.8) is 0 Å². The molecule has 1 atom stereocenters. The van der Waals surface area contributed by atoms with Gasteiger partial charge in [0, 0.05) is 6.54 Å². The van der Waals surface area contributed by atoms with Gasteiger partial charge in [-0.15, -0.1) is 0 Å². The number of hydrogen-bond donors (Lipinski definition) is 3. The van der Waals surface area contributed by atoms with Crippen molar-refractivity contribution >= 4 is 23.3 Å². The smallest absolute Gasteiger partial charge is 0.319 e. The van der Waals surface area contributed by atoms with Gasteiger partial charge in [-0.2, -0.15) is 0 Å². The lowest BCUT2D eigenvalue weighted by Gasteiger charge is -2.13. The first-order chi connectivity index (χ1) is 8.54. The molecule has 18 heavy (non-hydrogen) atoms. The first-order valence-corrected chi connectivity index (χ1v) is 6.40. The number of amides is 2. The molecule has 0 saturated carbocycles. The number of aliphatic hydroxyl groups excluding tert-OH is 1. The second-order valence-electron chi connectivity index (χ2n) is 4.21. The molecule has 100 valence electrons. The van der Waals surface area contributed by atoms with Crippen molar-refractivity contribution < 1.29 is 9.90 Å². The van der Waals surface area contributed by atoms with Gasteiger partial charge in [0.1, 0.15) is 0 Å². The molecule has 0 fully saturated rings. The first kappa shape index (κ1) is 14.8. The molecule has 1 rings (SSSR count). The summed E-state index contributed by atoms with van der Waals surface area (Å²) in [5, 5.41) is 15.3. The van der Waals surface area contributed by atoms with Crippen molar-refractivity contribution in [3.05, 3.63) is 28.8 Å². The minimum absolute atomic E-state index is 0.239. The molecular formula is C13H19ClN2O2. The van der Waals surface area contributed by atoms with Gasteiger partial charge in [0.15, 0.2) is 0 Å². The zero-order valence-corrected chi connectivity index (χ0v) is 11.4. The fourth-order valence-electron chi connectivity index (χ4n) is 1.59. The van der Waals surface area contributed by atoms with E-state index in [4.69, 9.17) is 11.6 Å². The van der Waals surface area contributed by atoms with E-state index < -0.39 is 6.10 Å². The minimum Gasteiger partial charge on any atom is -0.391 e. The maximum atomic E-state index is 11.6. The van der Waals surface area contributed by atoms with Crippen LogP contribution in [0.3, 0.4) is 0 Å². The van der Waals surface area contributed by atoms with Crippen molar-refractivity contribution in [2.75, 3.05) is 11.9 Å². The summed E-state index contributed by atoms with van der Waals surface area (Å²) in [5.41, 5.74) is 1.49. The molecule has 1 unspecified atom stereocenters. The third-order valence-corrected chi connectivity index (χ3v) is 2.90. The largest absolute Gasteiger partial charge is 0.391 e. The summed E-state index contributed by atoms with van der Waals surface area (Å²) in [6.07, 6.45) is 1.05. The van der Waals surface area contributed by atoms with Crippen LogP contribution in [0.15, 0.2) is 18.2 Å². The minimum atomic E-state index is -0.506. The molecule has 0 radical (unpaired) electrons. The van der Waals surface area contributed by atoms with Gasteiger partial charge in [-0.05, 0) is 25.0 Å². The van der Waals surface area contributed by atoms with Crippen molar-refractivity contribution in [3.8, 4) is 0 Å². The van der Waals surface area contributed by atoms with Gasteiger partial charge >= 0.3 is 6.03 Å². The van der Waals surface area contributed by atoms with E-state index in [9.17, 15) is 9.90 Å². The van der Waals surface area contributed by atoms with E-state index in [1.807, 2.05) is 26.0 Å². The van der Waals surface area contributed by atoms with Crippen molar-refractivity contribution in [1.82, 2.24) is 5.32 Å². The molecule has 4 nitrogen and oxygen atoms in total. The molecule has 0 aliphatic heterocycles. The van der Waals surface area contributed by atoms with Gasteiger partial charge in [0.2, 0.25) is 0 Å². The fraction of sp³-hybridized carbons (Fsp3) is 0.462. The lowest BCUT2D eigenvalue weighted by atomic mass is 10.2. The number of carbonyl (C=O) groups excluding carboxylic acids is 1. The molecule has 1 aromatic rings. The molecule has 0 saturated heterocycles. The van der Waals surface area contributed by atoms with E-state index in [2.05, 4.69) is 10.6 Å². The van der Waals surface area contributed by atoms with Crippen LogP contribution < -0.4 is 10.6 Å². The Labute approximate surface area is 112 Å². The van der Waals surface area contributed by atoms with Gasteiger partial charge in [0.25, 0.3) is 0 Å². The Bertz CT molecular complexity index is 390. The van der Waals surface area contributed by atoms with Crippen LogP contribution in [-0.2, 0) is 0 Å². The number of urea groups is 1. The first-order valence-electron chi connectivity index (χ1n) is 6.02. The monoisotopic (exact) mass is 270 g/mol. The molecular weight excluding hydrogens is 252 g/mol. The predicted octanol–water partition coefficient (Wildman–Crippen LogP) is 2.93. The van der Waals surface area contributed by atoms with Crippen LogP contribution in [0.2, 0.25) is 5.02 Å². The van der Waals surface area contributed by atoms with Gasteiger partial charge in [-0.3, -0.25) is 0 Å². The standard InChI is InChI=1S/C13H19ClN2O2/c1-3-5-10(17)8-15-13(18)16-12-9(2)6-4-7-11(12)14/h4,6-7,10,17H,3,5,8H2,1-2H3,(H2,15,16,18). The molecule has 0 aliphatic rings. The Hall–Kier alpha value is -1.26. The van der Waals surface area contributed by atoms with E-state index in [1.54, 1.807) is 6.07 Å². The summed E-state index contributed by atoms with van der Waals surface area (Å²) >= 11 is 5.99. The number of aryl methyl sites for hydroxylation is 1. The van der Waals surface area contributed by atoms with Crippen LogP contribution in [0.5, 0.6) is 0 Å². The van der Waals surface area contributed by atoms with Gasteiger partial charge in [-0.1, -0.05) is 37.1 Å². The maximum absolute atomic E-state index is 11.6. The number of anilines is 1. The van der Waals surface area contributed by atoms with Crippen LogP contribution in [0.1, 0.15) is 25.3 Å². The van der Waals surface area contributed by atoms with Crippen molar-refractivity contribution in [2.24, 2.45) is 0 Å². The molecule has 0 aromatic heterocycles. The van der Waals surface area contributed by atoms with Crippen LogP contribution in [-0.4, -0.2) is 23.8 Å². The zero-order chi connectivity index (χ0) is 13.5. The molecule has 0 aliphatic carbocycles. The Morgan fingerprint density at radius 1 is 1.50 bits per heavy atom. The quantitative estimate of drug-likeness (QED) is 0.770. The summed E-state index contributed by atoms with van der Waals surface area (Å²) in [5.74, 6) is 0. The average Bonchev–Trinajstić information content (AvgIpc) is 2.32. The van der Waals surface area contributed by atoms with E-state index in [-0.39, 0.29) is 12.6 Å². The van der Waals surface area contributed by atoms with Crippen molar-refractivity contribution in [2.45, 2.75) is 32.8 Å². The SMILES string of the molecule is CCCC(O)CNC(=O)Nc1c(C)cccc1Cl. The Morgan fingerprint density at radius 2 is 2.22 bits per heavy atom. The highest BCUT2D eigenvalue weighted by molar-refractivity contribution is 6.33. The predicted molar refractivity (Wildman–Crippen MR) is 74.1 cm³/mol. The number of carbonyl (C=O) groups is 1. The van der Waals surface area contributed by atoms with E-state index in [0.29, 0.717) is 17.1 Å². The fourth-order valence-corrected chi connectivity index (χ4v) is 1.86. The summed E-state index contributed by atoms with van der Waals surface area (Å²) in [7, 11) is 0. The van der Waals surface area contributed by atoms with Gasteiger partial charge < -0.3 is 15.7 Å². The second kappa shape index (κ2) is 7.24. The third kappa shape index (κ3) is 4.55. The molecule has 0 heterocycles. The highest BCUT2D eigenvalue weighted by Crippen LogP contribution is 2.24. The van der Waals surface area contributed by atoms with Gasteiger partial charge in [0.05, 0.1) is 16.8 Å². The number of para-hydroxylation sites is 1. The number of nitrogens with one attached hydrogen (secondary N) is 2. The maximum Gasteiger partial charge on any atom is 0.319 e. The topological polar surface area (TPSA) is 61.4 Å². The van der Waals surface area contributed by atoms with Crippen LogP contribution in [0.4, 0.5) is 10.5 Å². The highest BCUT2D eigenvalue weighted by Gasteiger charge is 2.09. The summed E-state index contributed by atoms with van der Waals surface area (Å²) in [4.78, 5) is 11.6.